The summed E-state index contributed by atoms with van der Waals surface area (Å²) in [7, 11) is 1.58. The quantitative estimate of drug-likeness (QED) is 0.637. The van der Waals surface area contributed by atoms with Gasteiger partial charge < -0.3 is 19.3 Å². The summed E-state index contributed by atoms with van der Waals surface area (Å²) in [5.41, 5.74) is 0. The van der Waals surface area contributed by atoms with E-state index in [1.807, 2.05) is 0 Å². The molecule has 0 amide bonds. The largest absolute Gasteiger partial charge is 0.394 e. The number of rotatable bonds is 5. The Morgan fingerprint density at radius 1 is 1.62 bits per heavy atom. The van der Waals surface area contributed by atoms with Crippen LogP contribution < -0.4 is 0 Å². The highest BCUT2D eigenvalue weighted by Gasteiger charge is 2.24. The second-order valence-electron chi connectivity index (χ2n) is 3.27. The average Bonchev–Trinajstić information content (AvgIpc) is 2.21. The van der Waals surface area contributed by atoms with Crippen LogP contribution in [0, 0.1) is 5.92 Å². The molecule has 1 heterocycles. The lowest BCUT2D eigenvalue weighted by molar-refractivity contribution is -0.126. The maximum Gasteiger partial charge on any atom is 0.146 e. The van der Waals surface area contributed by atoms with Crippen molar-refractivity contribution >= 4 is 0 Å². The monoisotopic (exact) mass is 190 g/mol. The second-order valence-corrected chi connectivity index (χ2v) is 3.27. The number of hydrogen-bond acceptors (Lipinski definition) is 4. The fraction of sp³-hybridized carbons (Fsp3) is 1.00. The smallest absolute Gasteiger partial charge is 0.146 e. The zero-order valence-corrected chi connectivity index (χ0v) is 8.07. The van der Waals surface area contributed by atoms with E-state index in [9.17, 15) is 0 Å². The first-order chi connectivity index (χ1) is 6.38. The highest BCUT2D eigenvalue weighted by Crippen LogP contribution is 2.19. The molecule has 1 saturated heterocycles. The SMILES string of the molecule is COCOC(CO)C1CCCOC1. The number of methoxy groups -OCH3 is 1. The summed E-state index contributed by atoms with van der Waals surface area (Å²) in [5.74, 6) is 0.314. The standard InChI is InChI=1S/C9H18O4/c1-11-7-13-9(5-10)8-3-2-4-12-6-8/h8-10H,2-7H2,1H3. The van der Waals surface area contributed by atoms with Gasteiger partial charge in [0.1, 0.15) is 6.79 Å². The lowest BCUT2D eigenvalue weighted by Gasteiger charge is -2.28. The first-order valence-electron chi connectivity index (χ1n) is 4.67. The predicted octanol–water partition coefficient (Wildman–Crippen LogP) is 0.394. The van der Waals surface area contributed by atoms with Crippen molar-refractivity contribution in [2.75, 3.05) is 33.7 Å². The van der Waals surface area contributed by atoms with Crippen molar-refractivity contribution in [2.45, 2.75) is 18.9 Å². The van der Waals surface area contributed by atoms with Gasteiger partial charge in [-0.2, -0.15) is 0 Å². The number of aliphatic hydroxyl groups is 1. The van der Waals surface area contributed by atoms with Crippen molar-refractivity contribution in [2.24, 2.45) is 5.92 Å². The highest BCUT2D eigenvalue weighted by atomic mass is 16.7. The first-order valence-corrected chi connectivity index (χ1v) is 4.67. The van der Waals surface area contributed by atoms with Crippen LogP contribution >= 0.6 is 0 Å². The minimum absolute atomic E-state index is 0.0391. The average molecular weight is 190 g/mol. The Morgan fingerprint density at radius 3 is 3.00 bits per heavy atom. The van der Waals surface area contributed by atoms with Crippen molar-refractivity contribution in [3.05, 3.63) is 0 Å². The molecular formula is C9H18O4. The number of aliphatic hydroxyl groups excluding tert-OH is 1. The molecule has 0 spiro atoms. The molecule has 1 fully saturated rings. The Kier molecular flexibility index (Phi) is 5.31. The highest BCUT2D eigenvalue weighted by molar-refractivity contribution is 4.72. The van der Waals surface area contributed by atoms with Crippen molar-refractivity contribution in [1.29, 1.82) is 0 Å². The molecule has 0 aromatic rings. The summed E-state index contributed by atoms with van der Waals surface area (Å²) in [6, 6.07) is 0. The lowest BCUT2D eigenvalue weighted by atomic mass is 9.96. The molecule has 1 rings (SSSR count). The number of hydrogen-bond donors (Lipinski definition) is 1. The maximum atomic E-state index is 9.07. The van der Waals surface area contributed by atoms with E-state index in [1.165, 1.54) is 0 Å². The minimum Gasteiger partial charge on any atom is -0.394 e. The topological polar surface area (TPSA) is 47.9 Å². The van der Waals surface area contributed by atoms with Crippen molar-refractivity contribution in [3.8, 4) is 0 Å². The summed E-state index contributed by atoms with van der Waals surface area (Å²) in [5, 5.41) is 9.07. The van der Waals surface area contributed by atoms with E-state index in [-0.39, 0.29) is 19.5 Å². The normalized spacial score (nSPS) is 25.8. The van der Waals surface area contributed by atoms with E-state index in [0.717, 1.165) is 19.4 Å². The third-order valence-electron chi connectivity index (χ3n) is 2.30. The minimum atomic E-state index is -0.139. The molecule has 0 aromatic heterocycles. The van der Waals surface area contributed by atoms with Gasteiger partial charge in [0.15, 0.2) is 0 Å². The van der Waals surface area contributed by atoms with Crippen LogP contribution in [-0.4, -0.2) is 44.9 Å². The Labute approximate surface area is 78.8 Å². The Hall–Kier alpha value is -0.160. The summed E-state index contributed by atoms with van der Waals surface area (Å²) >= 11 is 0. The third-order valence-corrected chi connectivity index (χ3v) is 2.30. The van der Waals surface area contributed by atoms with Gasteiger partial charge in [0.05, 0.1) is 19.3 Å². The van der Waals surface area contributed by atoms with Gasteiger partial charge in [-0.15, -0.1) is 0 Å². The Balaban J connectivity index is 2.26. The Morgan fingerprint density at radius 2 is 2.46 bits per heavy atom. The van der Waals surface area contributed by atoms with E-state index < -0.39 is 0 Å². The molecule has 1 N–H and O–H groups in total. The molecule has 1 aliphatic heterocycles. The van der Waals surface area contributed by atoms with Crippen LogP contribution in [0.25, 0.3) is 0 Å². The first kappa shape index (κ1) is 10.9. The van der Waals surface area contributed by atoms with Gasteiger partial charge >= 0.3 is 0 Å². The van der Waals surface area contributed by atoms with E-state index >= 15 is 0 Å². The van der Waals surface area contributed by atoms with Crippen molar-refractivity contribution in [3.63, 3.8) is 0 Å². The summed E-state index contributed by atoms with van der Waals surface area (Å²) in [6.07, 6.45) is 1.98. The van der Waals surface area contributed by atoms with Gasteiger partial charge in [0.25, 0.3) is 0 Å². The molecule has 2 atom stereocenters. The molecule has 1 aliphatic rings. The fourth-order valence-corrected chi connectivity index (χ4v) is 1.55. The molecule has 4 nitrogen and oxygen atoms in total. The van der Waals surface area contributed by atoms with E-state index in [2.05, 4.69) is 0 Å². The van der Waals surface area contributed by atoms with E-state index in [0.29, 0.717) is 12.5 Å². The summed E-state index contributed by atoms with van der Waals surface area (Å²) in [4.78, 5) is 0. The van der Waals surface area contributed by atoms with Gasteiger partial charge in [-0.25, -0.2) is 0 Å². The molecule has 0 aromatic carbocycles. The molecule has 0 aliphatic carbocycles. The molecule has 0 bridgehead atoms. The van der Waals surface area contributed by atoms with E-state index in [1.54, 1.807) is 7.11 Å². The zero-order chi connectivity index (χ0) is 9.52. The maximum absolute atomic E-state index is 9.07. The summed E-state index contributed by atoms with van der Waals surface area (Å²) in [6.45, 7) is 1.80. The van der Waals surface area contributed by atoms with Crippen LogP contribution in [0.15, 0.2) is 0 Å². The number of ether oxygens (including phenoxy) is 3. The second kappa shape index (κ2) is 6.32. The van der Waals surface area contributed by atoms with E-state index in [4.69, 9.17) is 19.3 Å². The molecule has 78 valence electrons. The lowest BCUT2D eigenvalue weighted by Crippen LogP contribution is -2.34. The molecule has 0 saturated carbocycles. The van der Waals surface area contributed by atoms with Crippen LogP contribution in [0.4, 0.5) is 0 Å². The van der Waals surface area contributed by atoms with Crippen molar-refractivity contribution in [1.82, 2.24) is 0 Å². The van der Waals surface area contributed by atoms with Crippen LogP contribution in [0.1, 0.15) is 12.8 Å². The molecular weight excluding hydrogens is 172 g/mol. The predicted molar refractivity (Wildman–Crippen MR) is 47.4 cm³/mol. The van der Waals surface area contributed by atoms with Gasteiger partial charge in [-0.1, -0.05) is 0 Å². The molecule has 0 radical (unpaired) electrons. The molecule has 4 heteroatoms. The van der Waals surface area contributed by atoms with Crippen molar-refractivity contribution < 1.29 is 19.3 Å². The van der Waals surface area contributed by atoms with Crippen LogP contribution in [-0.2, 0) is 14.2 Å². The van der Waals surface area contributed by atoms with Gasteiger partial charge in [-0.05, 0) is 12.8 Å². The summed E-state index contributed by atoms with van der Waals surface area (Å²) < 4.78 is 15.4. The van der Waals surface area contributed by atoms with Crippen LogP contribution in [0.3, 0.4) is 0 Å². The molecule has 13 heavy (non-hydrogen) atoms. The van der Waals surface area contributed by atoms with Gasteiger partial charge in [0, 0.05) is 19.6 Å². The Bertz CT molecular complexity index is 123. The van der Waals surface area contributed by atoms with Gasteiger partial charge in [0.2, 0.25) is 0 Å². The van der Waals surface area contributed by atoms with Crippen LogP contribution in [0.2, 0.25) is 0 Å². The molecule has 2 unspecified atom stereocenters. The zero-order valence-electron chi connectivity index (χ0n) is 8.07. The fourth-order valence-electron chi connectivity index (χ4n) is 1.55. The van der Waals surface area contributed by atoms with Crippen LogP contribution in [0.5, 0.6) is 0 Å². The third kappa shape index (κ3) is 3.60. The van der Waals surface area contributed by atoms with Gasteiger partial charge in [-0.3, -0.25) is 0 Å².